The number of carbonyl (C=O) groups excluding carboxylic acids is 3. The van der Waals surface area contributed by atoms with Gasteiger partial charge in [0, 0.05) is 41.0 Å². The number of anilines is 2. The van der Waals surface area contributed by atoms with Gasteiger partial charge in [0.25, 0.3) is 5.91 Å². The number of urea groups is 1. The molecule has 1 aromatic heterocycles. The number of imide groups is 1. The lowest BCUT2D eigenvalue weighted by molar-refractivity contribution is -0.137. The zero-order chi connectivity index (χ0) is 33.5. The molecule has 12 heteroatoms. The molecule has 11 nitrogen and oxygen atoms in total. The largest absolute Gasteiger partial charge is 0.493 e. The van der Waals surface area contributed by atoms with Crippen LogP contribution in [0.1, 0.15) is 41.9 Å². The van der Waals surface area contributed by atoms with Gasteiger partial charge in [0.1, 0.15) is 18.8 Å². The zero-order valence-corrected chi connectivity index (χ0v) is 27.1. The van der Waals surface area contributed by atoms with Crippen LogP contribution in [0.3, 0.4) is 0 Å². The highest BCUT2D eigenvalue weighted by atomic mass is 35.5. The first kappa shape index (κ1) is 31.4. The number of nitrogens with zero attached hydrogens (tertiary/aromatic N) is 5. The van der Waals surface area contributed by atoms with E-state index in [9.17, 15) is 19.2 Å². The van der Waals surface area contributed by atoms with E-state index < -0.39 is 24.5 Å². The Hall–Kier alpha value is -5.16. The first-order valence-corrected chi connectivity index (χ1v) is 16.3. The lowest BCUT2D eigenvalue weighted by Crippen LogP contribution is -2.36. The summed E-state index contributed by atoms with van der Waals surface area (Å²) in [4.78, 5) is 53.9. The number of carboxylic acids is 1. The number of halogens is 1. The zero-order valence-electron chi connectivity index (χ0n) is 26.3. The van der Waals surface area contributed by atoms with Gasteiger partial charge in [-0.1, -0.05) is 41.9 Å². The third-order valence-corrected chi connectivity index (χ3v) is 9.63. The molecule has 2 aliphatic heterocycles. The van der Waals surface area contributed by atoms with Crippen LogP contribution in [0.2, 0.25) is 5.02 Å². The number of carbonyl (C=O) groups is 4. The number of hydrogen-bond donors (Lipinski definition) is 1. The van der Waals surface area contributed by atoms with Gasteiger partial charge in [-0.2, -0.15) is 5.10 Å². The van der Waals surface area contributed by atoms with Crippen molar-refractivity contribution in [1.82, 2.24) is 14.7 Å². The maximum absolute atomic E-state index is 13.5. The highest BCUT2D eigenvalue weighted by Gasteiger charge is 2.47. The molecular weight excluding hydrogens is 634 g/mol. The molecule has 48 heavy (non-hydrogen) atoms. The third-order valence-electron chi connectivity index (χ3n) is 9.22. The second-order valence-electron chi connectivity index (χ2n) is 12.5. The summed E-state index contributed by atoms with van der Waals surface area (Å²) in [6.45, 7) is 2.65. The van der Waals surface area contributed by atoms with Crippen LogP contribution >= 0.6 is 11.6 Å². The molecule has 3 heterocycles. The monoisotopic (exact) mass is 667 g/mol. The van der Waals surface area contributed by atoms with Gasteiger partial charge in [0.2, 0.25) is 5.91 Å². The van der Waals surface area contributed by atoms with Gasteiger partial charge in [0.05, 0.1) is 25.0 Å². The molecule has 0 radical (unpaired) electrons. The number of aromatic nitrogens is 2. The summed E-state index contributed by atoms with van der Waals surface area (Å²) in [6, 6.07) is 18.1. The van der Waals surface area contributed by atoms with E-state index in [1.165, 1.54) is 5.56 Å². The minimum absolute atomic E-state index is 0.0850. The molecule has 1 N–H and O–H groups in total. The fourth-order valence-electron chi connectivity index (χ4n) is 6.75. The van der Waals surface area contributed by atoms with Gasteiger partial charge in [-0.15, -0.1) is 0 Å². The molecule has 0 bridgehead atoms. The number of amides is 4. The Morgan fingerprint density at radius 2 is 1.90 bits per heavy atom. The molecule has 2 atom stereocenters. The SMILES string of the molecule is Cc1c(Cl)cccc1OCCCC(=O)N1C[C@@H]2C[C@@H]2c2c(-c3cnn(Cc4cccc(N5C(=O)CN(CC(=O)O)C5=O)c4)c3)cccc21. The Morgan fingerprint density at radius 1 is 1.08 bits per heavy atom. The first-order chi connectivity index (χ1) is 23.2. The summed E-state index contributed by atoms with van der Waals surface area (Å²) in [6.07, 6.45) is 5.81. The predicted molar refractivity (Wildman–Crippen MR) is 179 cm³/mol. The Morgan fingerprint density at radius 3 is 2.73 bits per heavy atom. The van der Waals surface area contributed by atoms with Crippen LogP contribution in [0.4, 0.5) is 16.2 Å². The van der Waals surface area contributed by atoms with Crippen molar-refractivity contribution >= 4 is 46.8 Å². The second-order valence-corrected chi connectivity index (χ2v) is 12.9. The fraction of sp³-hybridized carbons (Fsp3) is 0.306. The predicted octanol–water partition coefficient (Wildman–Crippen LogP) is 5.72. The Bertz CT molecular complexity index is 1940. The molecule has 3 aliphatic rings. The highest BCUT2D eigenvalue weighted by molar-refractivity contribution is 6.31. The Labute approximate surface area is 282 Å². The van der Waals surface area contributed by atoms with Crippen molar-refractivity contribution in [3.05, 3.63) is 94.8 Å². The summed E-state index contributed by atoms with van der Waals surface area (Å²) in [7, 11) is 0. The van der Waals surface area contributed by atoms with Gasteiger partial charge in [-0.3, -0.25) is 19.1 Å². The van der Waals surface area contributed by atoms with Crippen LogP contribution in [0.15, 0.2) is 73.1 Å². The summed E-state index contributed by atoms with van der Waals surface area (Å²) < 4.78 is 7.72. The fourth-order valence-corrected chi connectivity index (χ4v) is 6.91. The van der Waals surface area contributed by atoms with Crippen molar-refractivity contribution in [1.29, 1.82) is 0 Å². The van der Waals surface area contributed by atoms with E-state index in [-0.39, 0.29) is 12.5 Å². The number of ether oxygens (including phenoxy) is 1. The number of rotatable bonds is 11. The van der Waals surface area contributed by atoms with Crippen molar-refractivity contribution in [2.45, 2.75) is 38.6 Å². The van der Waals surface area contributed by atoms with E-state index in [2.05, 4.69) is 11.2 Å². The summed E-state index contributed by atoms with van der Waals surface area (Å²) >= 11 is 6.21. The quantitative estimate of drug-likeness (QED) is 0.160. The lowest BCUT2D eigenvalue weighted by Gasteiger charge is -2.30. The van der Waals surface area contributed by atoms with E-state index in [0.29, 0.717) is 48.5 Å². The van der Waals surface area contributed by atoms with Gasteiger partial charge in [-0.25, -0.2) is 9.69 Å². The molecule has 3 aromatic carbocycles. The standard InChI is InChI=1S/C36H34ClN5O6/c1-22-29(37)9-4-11-31(22)48-13-5-12-32(43)41-19-24-15-28(24)35-27(8-3-10-30(35)41)25-16-38-40(18-25)17-23-6-2-7-26(14-23)42-33(44)20-39(36(42)47)21-34(45)46/h2-4,6-11,14,16,18,24,28H,5,12-13,15,17,19-21H2,1H3,(H,45,46)/t24-,28-/m0/s1. The number of hydrogen-bond acceptors (Lipinski definition) is 6. The second kappa shape index (κ2) is 12.8. The van der Waals surface area contributed by atoms with Crippen molar-refractivity contribution < 1.29 is 29.0 Å². The van der Waals surface area contributed by atoms with Gasteiger partial charge < -0.3 is 19.6 Å². The number of aliphatic carboxylic acids is 1. The average molecular weight is 668 g/mol. The van der Waals surface area contributed by atoms with E-state index in [0.717, 1.165) is 56.5 Å². The van der Waals surface area contributed by atoms with Crippen LogP contribution in [0, 0.1) is 12.8 Å². The molecule has 4 aromatic rings. The minimum Gasteiger partial charge on any atom is -0.493 e. The topological polar surface area (TPSA) is 125 Å². The van der Waals surface area contributed by atoms with Gasteiger partial charge in [-0.05, 0) is 78.6 Å². The van der Waals surface area contributed by atoms with E-state index in [1.54, 1.807) is 22.9 Å². The minimum atomic E-state index is -1.18. The molecule has 1 aliphatic carbocycles. The smallest absolute Gasteiger partial charge is 0.332 e. The molecule has 7 rings (SSSR count). The molecule has 0 spiro atoms. The first-order valence-electron chi connectivity index (χ1n) is 15.9. The number of benzene rings is 3. The van der Waals surface area contributed by atoms with Crippen molar-refractivity contribution in [3.8, 4) is 16.9 Å². The molecule has 2 fully saturated rings. The lowest BCUT2D eigenvalue weighted by atomic mass is 9.92. The van der Waals surface area contributed by atoms with E-state index in [4.69, 9.17) is 21.4 Å². The van der Waals surface area contributed by atoms with Gasteiger partial charge in [0.15, 0.2) is 0 Å². The molecule has 246 valence electrons. The van der Waals surface area contributed by atoms with Crippen LogP contribution < -0.4 is 14.5 Å². The van der Waals surface area contributed by atoms with Crippen LogP contribution in [0.25, 0.3) is 11.1 Å². The van der Waals surface area contributed by atoms with Crippen LogP contribution in [-0.4, -0.2) is 69.8 Å². The third kappa shape index (κ3) is 6.13. The normalized spacial score (nSPS) is 18.2. The molecular formula is C36H34ClN5O6. The number of carboxylic acid groups (broad SMARTS) is 1. The van der Waals surface area contributed by atoms with Crippen molar-refractivity contribution in [2.75, 3.05) is 36.0 Å². The Balaban J connectivity index is 1.04. The molecule has 1 saturated carbocycles. The van der Waals surface area contributed by atoms with Crippen molar-refractivity contribution in [2.24, 2.45) is 5.92 Å². The summed E-state index contributed by atoms with van der Waals surface area (Å²) in [5.41, 5.74) is 6.25. The van der Waals surface area contributed by atoms with Crippen LogP contribution in [-0.2, 0) is 20.9 Å². The van der Waals surface area contributed by atoms with E-state index >= 15 is 0 Å². The summed E-state index contributed by atoms with van der Waals surface area (Å²) in [5.74, 6) is 0.0164. The average Bonchev–Trinajstić information content (AvgIpc) is 3.62. The van der Waals surface area contributed by atoms with Gasteiger partial charge >= 0.3 is 12.0 Å². The maximum Gasteiger partial charge on any atom is 0.332 e. The molecule has 4 amide bonds. The van der Waals surface area contributed by atoms with Crippen molar-refractivity contribution in [3.63, 3.8) is 0 Å². The van der Waals surface area contributed by atoms with Crippen LogP contribution in [0.5, 0.6) is 5.75 Å². The highest BCUT2D eigenvalue weighted by Crippen LogP contribution is 2.57. The van der Waals surface area contributed by atoms with E-state index in [1.807, 2.05) is 60.6 Å². The Kier molecular flexibility index (Phi) is 8.38. The number of fused-ring (bicyclic) bond motifs is 3. The maximum atomic E-state index is 13.5. The summed E-state index contributed by atoms with van der Waals surface area (Å²) in [5, 5.41) is 14.3. The molecule has 1 saturated heterocycles. The molecule has 0 unspecified atom stereocenters.